The van der Waals surface area contributed by atoms with Gasteiger partial charge in [-0.3, -0.25) is 0 Å². The third kappa shape index (κ3) is 1.74. The summed E-state index contributed by atoms with van der Waals surface area (Å²) in [6.07, 6.45) is 2.18. The zero-order chi connectivity index (χ0) is 14.4. The van der Waals surface area contributed by atoms with E-state index in [0.29, 0.717) is 5.92 Å². The number of aromatic amines is 1. The van der Waals surface area contributed by atoms with E-state index in [-0.39, 0.29) is 0 Å². The van der Waals surface area contributed by atoms with Gasteiger partial charge in [0.05, 0.1) is 11.0 Å². The Morgan fingerprint density at radius 2 is 1.90 bits per heavy atom. The number of benzene rings is 2. The van der Waals surface area contributed by atoms with Gasteiger partial charge in [0.15, 0.2) is 0 Å². The Bertz CT molecular complexity index is 772. The molecule has 1 heterocycles. The van der Waals surface area contributed by atoms with Gasteiger partial charge in [-0.05, 0) is 42.0 Å². The second kappa shape index (κ2) is 4.43. The summed E-state index contributed by atoms with van der Waals surface area (Å²) in [4.78, 5) is 8.22. The van der Waals surface area contributed by atoms with Crippen LogP contribution in [-0.2, 0) is 12.0 Å². The number of para-hydroxylation sites is 2. The van der Waals surface area contributed by atoms with Gasteiger partial charge in [-0.2, -0.15) is 0 Å². The van der Waals surface area contributed by atoms with Crippen molar-refractivity contribution in [1.82, 2.24) is 9.97 Å². The van der Waals surface area contributed by atoms with Crippen molar-refractivity contribution >= 4 is 11.0 Å². The molecule has 1 aliphatic rings. The van der Waals surface area contributed by atoms with E-state index in [0.717, 1.165) is 29.7 Å². The van der Waals surface area contributed by atoms with Gasteiger partial charge >= 0.3 is 0 Å². The predicted molar refractivity (Wildman–Crippen MR) is 85.0 cm³/mol. The van der Waals surface area contributed by atoms with E-state index in [1.807, 2.05) is 18.2 Å². The Labute approximate surface area is 124 Å². The van der Waals surface area contributed by atoms with Crippen LogP contribution in [0.1, 0.15) is 30.3 Å². The van der Waals surface area contributed by atoms with Crippen LogP contribution in [0.3, 0.4) is 0 Å². The summed E-state index contributed by atoms with van der Waals surface area (Å²) in [6, 6.07) is 16.6. The molecule has 21 heavy (non-hydrogen) atoms. The van der Waals surface area contributed by atoms with Crippen LogP contribution in [0, 0.1) is 5.92 Å². The van der Waals surface area contributed by atoms with Crippen LogP contribution in [0.4, 0.5) is 0 Å². The highest BCUT2D eigenvalue weighted by Gasteiger charge is 2.42. The molecule has 2 aromatic carbocycles. The number of nitrogens with two attached hydrogens (primary N) is 1. The van der Waals surface area contributed by atoms with Gasteiger partial charge in [-0.1, -0.05) is 43.3 Å². The van der Waals surface area contributed by atoms with Crippen LogP contribution in [0.15, 0.2) is 48.5 Å². The van der Waals surface area contributed by atoms with Gasteiger partial charge in [0.1, 0.15) is 11.4 Å². The van der Waals surface area contributed by atoms with Crippen LogP contribution >= 0.6 is 0 Å². The molecule has 3 aromatic rings. The highest BCUT2D eigenvalue weighted by molar-refractivity contribution is 5.75. The SMILES string of the molecule is CC1CCc2ccccc2C1(N)c1nc2ccccc2[nH]1. The Balaban J connectivity index is 1.96. The van der Waals surface area contributed by atoms with Gasteiger partial charge in [-0.15, -0.1) is 0 Å². The number of nitrogens with zero attached hydrogens (tertiary/aromatic N) is 1. The molecule has 0 fully saturated rings. The Hall–Kier alpha value is -2.13. The minimum atomic E-state index is -0.534. The van der Waals surface area contributed by atoms with E-state index in [2.05, 4.69) is 42.2 Å². The molecular formula is C18H19N3. The Kier molecular flexibility index (Phi) is 2.66. The number of hydrogen-bond donors (Lipinski definition) is 2. The van der Waals surface area contributed by atoms with Crippen molar-refractivity contribution in [3.8, 4) is 0 Å². The fourth-order valence-corrected chi connectivity index (χ4v) is 3.52. The molecule has 0 saturated heterocycles. The molecule has 0 aliphatic heterocycles. The third-order valence-corrected chi connectivity index (χ3v) is 4.87. The summed E-state index contributed by atoms with van der Waals surface area (Å²) in [7, 11) is 0. The Morgan fingerprint density at radius 1 is 1.14 bits per heavy atom. The molecule has 2 atom stereocenters. The maximum absolute atomic E-state index is 6.91. The standard InChI is InChI=1S/C18H19N3/c1-12-10-11-13-6-2-3-7-14(13)18(12,19)17-20-15-8-4-5-9-16(15)21-17/h2-9,12H,10-11,19H2,1H3,(H,20,21). The van der Waals surface area contributed by atoms with Crippen LogP contribution < -0.4 is 5.73 Å². The number of H-pyrrole nitrogens is 1. The molecule has 0 amide bonds. The lowest BCUT2D eigenvalue weighted by Gasteiger charge is -2.39. The minimum absolute atomic E-state index is 0.355. The van der Waals surface area contributed by atoms with Crippen molar-refractivity contribution in [3.05, 3.63) is 65.5 Å². The van der Waals surface area contributed by atoms with E-state index >= 15 is 0 Å². The topological polar surface area (TPSA) is 54.7 Å². The lowest BCUT2D eigenvalue weighted by molar-refractivity contribution is 0.299. The largest absolute Gasteiger partial charge is 0.340 e. The van der Waals surface area contributed by atoms with E-state index in [1.165, 1.54) is 11.1 Å². The first-order valence-electron chi connectivity index (χ1n) is 7.52. The molecule has 3 nitrogen and oxygen atoms in total. The number of fused-ring (bicyclic) bond motifs is 2. The fraction of sp³-hybridized carbons (Fsp3) is 0.278. The normalized spacial score (nSPS) is 25.0. The van der Waals surface area contributed by atoms with E-state index < -0.39 is 5.54 Å². The van der Waals surface area contributed by atoms with E-state index in [1.54, 1.807) is 0 Å². The molecule has 3 heteroatoms. The molecular weight excluding hydrogens is 258 g/mol. The van der Waals surface area contributed by atoms with Crippen LogP contribution in [0.2, 0.25) is 0 Å². The smallest absolute Gasteiger partial charge is 0.132 e. The maximum atomic E-state index is 6.91. The van der Waals surface area contributed by atoms with E-state index in [4.69, 9.17) is 10.7 Å². The minimum Gasteiger partial charge on any atom is -0.340 e. The molecule has 0 radical (unpaired) electrons. The third-order valence-electron chi connectivity index (χ3n) is 4.87. The molecule has 1 aliphatic carbocycles. The van der Waals surface area contributed by atoms with Crippen LogP contribution in [0.5, 0.6) is 0 Å². The molecule has 0 spiro atoms. The zero-order valence-corrected chi connectivity index (χ0v) is 12.1. The zero-order valence-electron chi connectivity index (χ0n) is 12.1. The number of aromatic nitrogens is 2. The molecule has 4 rings (SSSR count). The van der Waals surface area contributed by atoms with Crippen molar-refractivity contribution in [1.29, 1.82) is 0 Å². The van der Waals surface area contributed by atoms with Gasteiger partial charge in [0.2, 0.25) is 0 Å². The van der Waals surface area contributed by atoms with Crippen LogP contribution in [0.25, 0.3) is 11.0 Å². The highest BCUT2D eigenvalue weighted by atomic mass is 15.0. The van der Waals surface area contributed by atoms with Crippen molar-refractivity contribution in [2.24, 2.45) is 11.7 Å². The second-order valence-electron chi connectivity index (χ2n) is 6.07. The number of nitrogens with one attached hydrogen (secondary N) is 1. The average molecular weight is 277 g/mol. The number of rotatable bonds is 1. The lowest BCUT2D eigenvalue weighted by Crippen LogP contribution is -2.48. The summed E-state index contributed by atoms with van der Waals surface area (Å²) >= 11 is 0. The quantitative estimate of drug-likeness (QED) is 0.716. The van der Waals surface area contributed by atoms with Crippen molar-refractivity contribution in [2.75, 3.05) is 0 Å². The van der Waals surface area contributed by atoms with E-state index in [9.17, 15) is 0 Å². The second-order valence-corrected chi connectivity index (χ2v) is 6.07. The summed E-state index contributed by atoms with van der Waals surface area (Å²) in [5.41, 5.74) is 11.0. The fourth-order valence-electron chi connectivity index (χ4n) is 3.52. The predicted octanol–water partition coefficient (Wildman–Crippen LogP) is 3.35. The summed E-state index contributed by atoms with van der Waals surface area (Å²) < 4.78 is 0. The van der Waals surface area contributed by atoms with Crippen LogP contribution in [-0.4, -0.2) is 9.97 Å². The molecule has 0 bridgehead atoms. The van der Waals surface area contributed by atoms with Crippen molar-refractivity contribution in [2.45, 2.75) is 25.3 Å². The molecule has 2 unspecified atom stereocenters. The monoisotopic (exact) mass is 277 g/mol. The van der Waals surface area contributed by atoms with Gasteiger partial charge in [-0.25, -0.2) is 4.98 Å². The Morgan fingerprint density at radius 3 is 2.76 bits per heavy atom. The number of hydrogen-bond acceptors (Lipinski definition) is 2. The number of imidazole rings is 1. The molecule has 106 valence electrons. The summed E-state index contributed by atoms with van der Waals surface area (Å²) in [5, 5.41) is 0. The molecule has 3 N–H and O–H groups in total. The first kappa shape index (κ1) is 12.6. The first-order chi connectivity index (χ1) is 10.2. The molecule has 0 saturated carbocycles. The maximum Gasteiger partial charge on any atom is 0.132 e. The van der Waals surface area contributed by atoms with Gasteiger partial charge < -0.3 is 10.7 Å². The first-order valence-corrected chi connectivity index (χ1v) is 7.52. The van der Waals surface area contributed by atoms with Gasteiger partial charge in [0, 0.05) is 0 Å². The molecule has 1 aromatic heterocycles. The average Bonchev–Trinajstić information content (AvgIpc) is 2.96. The summed E-state index contributed by atoms with van der Waals surface area (Å²) in [5.74, 6) is 1.23. The lowest BCUT2D eigenvalue weighted by atomic mass is 9.70. The van der Waals surface area contributed by atoms with Crippen molar-refractivity contribution in [3.63, 3.8) is 0 Å². The van der Waals surface area contributed by atoms with Gasteiger partial charge in [0.25, 0.3) is 0 Å². The van der Waals surface area contributed by atoms with Crippen molar-refractivity contribution < 1.29 is 0 Å². The summed E-state index contributed by atoms with van der Waals surface area (Å²) in [6.45, 7) is 2.23. The highest BCUT2D eigenvalue weighted by Crippen LogP contribution is 2.41. The number of aryl methyl sites for hydroxylation is 1.